The van der Waals surface area contributed by atoms with E-state index in [0.29, 0.717) is 28.3 Å². The Labute approximate surface area is 176 Å². The van der Waals surface area contributed by atoms with Crippen molar-refractivity contribution in [2.45, 2.75) is 26.8 Å². The van der Waals surface area contributed by atoms with Gasteiger partial charge in [0.25, 0.3) is 0 Å². The number of methoxy groups -OCH3 is 1. The van der Waals surface area contributed by atoms with Gasteiger partial charge in [0.05, 0.1) is 31.2 Å². The van der Waals surface area contributed by atoms with E-state index in [1.807, 2.05) is 0 Å². The molecule has 0 saturated carbocycles. The lowest BCUT2D eigenvalue weighted by atomic mass is 10.1. The zero-order chi connectivity index (χ0) is 22.5. The number of benzene rings is 2. The molecule has 1 amide bonds. The van der Waals surface area contributed by atoms with Gasteiger partial charge in [-0.2, -0.15) is 0 Å². The van der Waals surface area contributed by atoms with Crippen LogP contribution in [0, 0.1) is 6.92 Å². The van der Waals surface area contributed by atoms with Crippen molar-refractivity contribution in [3.8, 4) is 5.75 Å². The smallest absolute Gasteiger partial charge is 0.338 e. The van der Waals surface area contributed by atoms with E-state index in [9.17, 15) is 18.0 Å². The van der Waals surface area contributed by atoms with Gasteiger partial charge >= 0.3 is 5.97 Å². The first-order chi connectivity index (χ1) is 14.1. The van der Waals surface area contributed by atoms with Crippen LogP contribution in [0.5, 0.6) is 5.75 Å². The summed E-state index contributed by atoms with van der Waals surface area (Å²) in [5, 5.41) is 2.73. The van der Waals surface area contributed by atoms with Crippen LogP contribution >= 0.6 is 0 Å². The van der Waals surface area contributed by atoms with Crippen LogP contribution in [0.2, 0.25) is 0 Å². The van der Waals surface area contributed by atoms with Gasteiger partial charge in [-0.25, -0.2) is 13.2 Å². The number of hydrogen-bond acceptors (Lipinski definition) is 6. The Hall–Kier alpha value is -3.07. The molecule has 0 aromatic heterocycles. The molecule has 0 aliphatic heterocycles. The van der Waals surface area contributed by atoms with E-state index in [2.05, 4.69) is 5.32 Å². The molecule has 9 heteroatoms. The highest BCUT2D eigenvalue weighted by atomic mass is 32.2. The molecule has 1 atom stereocenters. The molecule has 1 N–H and O–H groups in total. The molecule has 0 aliphatic rings. The van der Waals surface area contributed by atoms with Gasteiger partial charge in [0.15, 0.2) is 0 Å². The quantitative estimate of drug-likeness (QED) is 0.641. The third-order valence-corrected chi connectivity index (χ3v) is 5.65. The minimum absolute atomic E-state index is 0.264. The molecular formula is C21H26N2O6S. The summed E-state index contributed by atoms with van der Waals surface area (Å²) in [4.78, 5) is 24.7. The lowest BCUT2D eigenvalue weighted by molar-refractivity contribution is -0.116. The molecule has 0 saturated heterocycles. The fourth-order valence-electron chi connectivity index (χ4n) is 2.92. The number of ether oxygens (including phenoxy) is 2. The van der Waals surface area contributed by atoms with E-state index in [0.717, 1.165) is 10.6 Å². The zero-order valence-corrected chi connectivity index (χ0v) is 18.4. The predicted molar refractivity (Wildman–Crippen MR) is 116 cm³/mol. The third-order valence-electron chi connectivity index (χ3n) is 4.41. The molecule has 2 aromatic rings. The molecule has 0 bridgehead atoms. The van der Waals surface area contributed by atoms with Crippen molar-refractivity contribution in [3.63, 3.8) is 0 Å². The molecule has 1 unspecified atom stereocenters. The number of sulfonamides is 1. The number of rotatable bonds is 8. The number of nitrogens with one attached hydrogen (secondary N) is 1. The van der Waals surface area contributed by atoms with Crippen LogP contribution in [0.25, 0.3) is 0 Å². The lowest BCUT2D eigenvalue weighted by Crippen LogP contribution is -2.45. The molecule has 162 valence electrons. The molecule has 8 nitrogen and oxygen atoms in total. The molecule has 0 spiro atoms. The Bertz CT molecular complexity index is 1020. The average Bonchev–Trinajstić information content (AvgIpc) is 2.69. The second-order valence-electron chi connectivity index (χ2n) is 6.67. The maximum atomic E-state index is 12.8. The number of carbonyl (C=O) groups excluding carboxylic acids is 2. The number of esters is 1. The number of amides is 1. The van der Waals surface area contributed by atoms with Crippen LogP contribution in [-0.4, -0.2) is 46.3 Å². The second-order valence-corrected chi connectivity index (χ2v) is 8.53. The molecule has 0 aliphatic carbocycles. The zero-order valence-electron chi connectivity index (χ0n) is 17.6. The Morgan fingerprint density at radius 3 is 2.27 bits per heavy atom. The minimum atomic E-state index is -3.74. The highest BCUT2D eigenvalue weighted by Crippen LogP contribution is 2.25. The van der Waals surface area contributed by atoms with Crippen molar-refractivity contribution in [1.29, 1.82) is 0 Å². The number of hydrogen-bond donors (Lipinski definition) is 1. The van der Waals surface area contributed by atoms with E-state index < -0.39 is 27.9 Å². The van der Waals surface area contributed by atoms with Gasteiger partial charge in [-0.1, -0.05) is 0 Å². The number of aryl methyl sites for hydroxylation is 1. The first-order valence-corrected chi connectivity index (χ1v) is 11.2. The van der Waals surface area contributed by atoms with Crippen LogP contribution < -0.4 is 14.4 Å². The number of nitrogens with zero attached hydrogens (tertiary/aromatic N) is 1. The van der Waals surface area contributed by atoms with Crippen LogP contribution in [0.1, 0.15) is 29.8 Å². The lowest BCUT2D eigenvalue weighted by Gasteiger charge is -2.28. The van der Waals surface area contributed by atoms with E-state index in [1.54, 1.807) is 56.3 Å². The van der Waals surface area contributed by atoms with Crippen LogP contribution in [-0.2, 0) is 19.6 Å². The minimum Gasteiger partial charge on any atom is -0.497 e. The topological polar surface area (TPSA) is 102 Å². The van der Waals surface area contributed by atoms with Crippen LogP contribution in [0.4, 0.5) is 11.4 Å². The van der Waals surface area contributed by atoms with Crippen molar-refractivity contribution in [1.82, 2.24) is 0 Å². The molecule has 30 heavy (non-hydrogen) atoms. The van der Waals surface area contributed by atoms with Gasteiger partial charge in [-0.3, -0.25) is 9.10 Å². The predicted octanol–water partition coefficient (Wildman–Crippen LogP) is 2.97. The first kappa shape index (κ1) is 23.2. The molecule has 2 rings (SSSR count). The highest BCUT2D eigenvalue weighted by Gasteiger charge is 2.29. The van der Waals surface area contributed by atoms with E-state index in [1.165, 1.54) is 14.0 Å². The molecule has 2 aromatic carbocycles. The SMILES string of the molecule is CCOC(=O)c1ccc(NC(=O)C(C)N(c2ccc(OC)cc2)S(C)(=O)=O)c(C)c1. The van der Waals surface area contributed by atoms with E-state index >= 15 is 0 Å². The Balaban J connectivity index is 2.26. The summed E-state index contributed by atoms with van der Waals surface area (Å²) in [5.74, 6) is -0.389. The summed E-state index contributed by atoms with van der Waals surface area (Å²) >= 11 is 0. The number of anilines is 2. The third kappa shape index (κ3) is 5.50. The van der Waals surface area contributed by atoms with E-state index in [4.69, 9.17) is 9.47 Å². The second kappa shape index (κ2) is 9.62. The summed E-state index contributed by atoms with van der Waals surface area (Å²) in [5.41, 5.74) is 1.84. The standard InChI is InChI=1S/C21H26N2O6S/c1-6-29-21(25)16-7-12-19(14(2)13-16)22-20(24)15(3)23(30(5,26)27)17-8-10-18(28-4)11-9-17/h7-13,15H,6H2,1-5H3,(H,22,24). The fourth-order valence-corrected chi connectivity index (χ4v) is 4.10. The van der Waals surface area contributed by atoms with Gasteiger partial charge in [0, 0.05) is 5.69 Å². The summed E-state index contributed by atoms with van der Waals surface area (Å²) in [6, 6.07) is 10.1. The van der Waals surface area contributed by atoms with Crippen LogP contribution in [0.3, 0.4) is 0 Å². The van der Waals surface area contributed by atoms with Crippen molar-refractivity contribution in [2.24, 2.45) is 0 Å². The van der Waals surface area contributed by atoms with Crippen LogP contribution in [0.15, 0.2) is 42.5 Å². The summed E-state index contributed by atoms with van der Waals surface area (Å²) in [6.07, 6.45) is 1.04. The first-order valence-electron chi connectivity index (χ1n) is 9.30. The van der Waals surface area contributed by atoms with Gasteiger partial charge in [0.2, 0.25) is 15.9 Å². The maximum Gasteiger partial charge on any atom is 0.338 e. The van der Waals surface area contributed by atoms with Gasteiger partial charge < -0.3 is 14.8 Å². The summed E-state index contributed by atoms with van der Waals surface area (Å²) in [6.45, 7) is 5.22. The van der Waals surface area contributed by atoms with Gasteiger partial charge in [-0.15, -0.1) is 0 Å². The normalized spacial score (nSPS) is 12.0. The number of carbonyl (C=O) groups is 2. The van der Waals surface area contributed by atoms with Crippen molar-refractivity contribution in [2.75, 3.05) is 29.6 Å². The van der Waals surface area contributed by atoms with Crippen molar-refractivity contribution < 1.29 is 27.5 Å². The Morgan fingerprint density at radius 2 is 1.77 bits per heavy atom. The van der Waals surface area contributed by atoms with Gasteiger partial charge in [0.1, 0.15) is 11.8 Å². The summed E-state index contributed by atoms with van der Waals surface area (Å²) < 4.78 is 35.9. The van der Waals surface area contributed by atoms with E-state index in [-0.39, 0.29) is 6.61 Å². The Kier molecular flexibility index (Phi) is 7.44. The molecule has 0 fully saturated rings. The van der Waals surface area contributed by atoms with Crippen molar-refractivity contribution in [3.05, 3.63) is 53.6 Å². The molecule has 0 heterocycles. The highest BCUT2D eigenvalue weighted by molar-refractivity contribution is 7.92. The fraction of sp³-hybridized carbons (Fsp3) is 0.333. The molecular weight excluding hydrogens is 408 g/mol. The average molecular weight is 435 g/mol. The summed E-state index contributed by atoms with van der Waals surface area (Å²) in [7, 11) is -2.23. The van der Waals surface area contributed by atoms with Gasteiger partial charge in [-0.05, 0) is 68.8 Å². The maximum absolute atomic E-state index is 12.8. The largest absolute Gasteiger partial charge is 0.497 e. The monoisotopic (exact) mass is 434 g/mol. The van der Waals surface area contributed by atoms with Crippen molar-refractivity contribution >= 4 is 33.3 Å². The Morgan fingerprint density at radius 1 is 1.13 bits per heavy atom. The molecule has 0 radical (unpaired) electrons.